The first-order chi connectivity index (χ1) is 8.11. The van der Waals surface area contributed by atoms with Gasteiger partial charge in [0.05, 0.1) is 5.56 Å². The average molecular weight is 363 g/mol. The molecule has 2 rings (SSSR count). The van der Waals surface area contributed by atoms with Crippen molar-refractivity contribution in [2.45, 2.75) is 6.42 Å². The van der Waals surface area contributed by atoms with E-state index < -0.39 is 0 Å². The van der Waals surface area contributed by atoms with Gasteiger partial charge in [0.2, 0.25) is 0 Å². The molecule has 1 heterocycles. The quantitative estimate of drug-likeness (QED) is 0.878. The Morgan fingerprint density at radius 3 is 2.82 bits per heavy atom. The summed E-state index contributed by atoms with van der Waals surface area (Å²) in [5.74, 6) is 0.258. The van der Waals surface area contributed by atoms with Crippen LogP contribution in [0.15, 0.2) is 27.1 Å². The normalized spacial score (nSPS) is 19.7. The van der Waals surface area contributed by atoms with Crippen LogP contribution >= 0.6 is 31.9 Å². The fourth-order valence-corrected chi connectivity index (χ4v) is 3.22. The molecule has 0 radical (unpaired) electrons. The summed E-state index contributed by atoms with van der Waals surface area (Å²) in [7, 11) is 0. The van der Waals surface area contributed by atoms with E-state index in [1.807, 2.05) is 18.2 Å². The SMILES string of the molecule is O=C(c1ccc(Br)cc1Br)N1CCC(CO)C1. The van der Waals surface area contributed by atoms with Gasteiger partial charge in [-0.3, -0.25) is 4.79 Å². The molecule has 1 atom stereocenters. The Hall–Kier alpha value is -0.390. The third-order valence-corrected chi connectivity index (χ3v) is 4.14. The second-order valence-corrected chi connectivity index (χ2v) is 5.98. The molecule has 1 fully saturated rings. The molecule has 5 heteroatoms. The van der Waals surface area contributed by atoms with Gasteiger partial charge >= 0.3 is 0 Å². The highest BCUT2D eigenvalue weighted by atomic mass is 79.9. The van der Waals surface area contributed by atoms with E-state index in [0.29, 0.717) is 12.1 Å². The summed E-state index contributed by atoms with van der Waals surface area (Å²) in [6.45, 7) is 1.54. The lowest BCUT2D eigenvalue weighted by Gasteiger charge is -2.17. The van der Waals surface area contributed by atoms with E-state index in [4.69, 9.17) is 5.11 Å². The molecule has 0 aliphatic carbocycles. The van der Waals surface area contributed by atoms with Gasteiger partial charge in [-0.1, -0.05) is 15.9 Å². The molecule has 1 aliphatic rings. The molecule has 0 aromatic heterocycles. The number of amides is 1. The van der Waals surface area contributed by atoms with Gasteiger partial charge in [-0.25, -0.2) is 0 Å². The van der Waals surface area contributed by atoms with Gasteiger partial charge in [0.1, 0.15) is 0 Å². The monoisotopic (exact) mass is 361 g/mol. The molecular weight excluding hydrogens is 350 g/mol. The summed E-state index contributed by atoms with van der Waals surface area (Å²) in [6, 6.07) is 5.53. The average Bonchev–Trinajstić information content (AvgIpc) is 2.76. The number of halogens is 2. The Morgan fingerprint density at radius 2 is 2.24 bits per heavy atom. The first kappa shape index (κ1) is 13.1. The van der Waals surface area contributed by atoms with Crippen LogP contribution in [0.5, 0.6) is 0 Å². The fraction of sp³-hybridized carbons (Fsp3) is 0.417. The molecule has 1 aromatic rings. The minimum atomic E-state index is 0.0281. The molecule has 1 aliphatic heterocycles. The van der Waals surface area contributed by atoms with Gasteiger partial charge in [-0.05, 0) is 40.5 Å². The minimum Gasteiger partial charge on any atom is -0.396 e. The van der Waals surface area contributed by atoms with Gasteiger partial charge < -0.3 is 10.0 Å². The third-order valence-electron chi connectivity index (χ3n) is 2.99. The highest BCUT2D eigenvalue weighted by Gasteiger charge is 2.27. The van der Waals surface area contributed by atoms with Gasteiger partial charge in [0.15, 0.2) is 0 Å². The van der Waals surface area contributed by atoms with Crippen LogP contribution in [0.1, 0.15) is 16.8 Å². The van der Waals surface area contributed by atoms with E-state index in [0.717, 1.165) is 21.9 Å². The van der Waals surface area contributed by atoms with E-state index in [1.165, 1.54) is 0 Å². The lowest BCUT2D eigenvalue weighted by Crippen LogP contribution is -2.29. The third kappa shape index (κ3) is 2.89. The Balaban J connectivity index is 2.15. The topological polar surface area (TPSA) is 40.5 Å². The van der Waals surface area contributed by atoms with E-state index in [9.17, 15) is 4.79 Å². The summed E-state index contributed by atoms with van der Waals surface area (Å²) >= 11 is 6.76. The van der Waals surface area contributed by atoms with Crippen molar-refractivity contribution in [3.63, 3.8) is 0 Å². The zero-order chi connectivity index (χ0) is 12.4. The summed E-state index contributed by atoms with van der Waals surface area (Å²) < 4.78 is 1.74. The molecular formula is C12H13Br2NO2. The smallest absolute Gasteiger partial charge is 0.255 e. The van der Waals surface area contributed by atoms with Gasteiger partial charge in [-0.2, -0.15) is 0 Å². The van der Waals surface area contributed by atoms with Crippen molar-refractivity contribution in [3.8, 4) is 0 Å². The van der Waals surface area contributed by atoms with Crippen LogP contribution < -0.4 is 0 Å². The summed E-state index contributed by atoms with van der Waals surface area (Å²) in [6.07, 6.45) is 0.885. The number of nitrogens with zero attached hydrogens (tertiary/aromatic N) is 1. The molecule has 0 bridgehead atoms. The van der Waals surface area contributed by atoms with Crippen LogP contribution in [0, 0.1) is 5.92 Å². The maximum absolute atomic E-state index is 12.2. The second kappa shape index (κ2) is 5.50. The van der Waals surface area contributed by atoms with Crippen molar-refractivity contribution in [1.29, 1.82) is 0 Å². The van der Waals surface area contributed by atoms with Crippen molar-refractivity contribution < 1.29 is 9.90 Å². The van der Waals surface area contributed by atoms with Crippen LogP contribution in [0.4, 0.5) is 0 Å². The van der Waals surface area contributed by atoms with Crippen molar-refractivity contribution in [3.05, 3.63) is 32.7 Å². The number of hydrogen-bond donors (Lipinski definition) is 1. The maximum atomic E-state index is 12.2. The summed E-state index contributed by atoms with van der Waals surface area (Å²) in [4.78, 5) is 14.0. The van der Waals surface area contributed by atoms with Crippen molar-refractivity contribution >= 4 is 37.8 Å². The number of rotatable bonds is 2. The first-order valence-corrected chi connectivity index (χ1v) is 7.05. The number of hydrogen-bond acceptors (Lipinski definition) is 2. The van der Waals surface area contributed by atoms with Gasteiger partial charge in [0.25, 0.3) is 5.91 Å². The Kier molecular flexibility index (Phi) is 4.22. The minimum absolute atomic E-state index is 0.0281. The van der Waals surface area contributed by atoms with Crippen LogP contribution in [0.25, 0.3) is 0 Å². The molecule has 1 aromatic carbocycles. The maximum Gasteiger partial charge on any atom is 0.255 e. The van der Waals surface area contributed by atoms with Crippen molar-refractivity contribution in [2.24, 2.45) is 5.92 Å². The Labute approximate surface area is 117 Å². The highest BCUT2D eigenvalue weighted by molar-refractivity contribution is 9.11. The van der Waals surface area contributed by atoms with Crippen LogP contribution in [0.2, 0.25) is 0 Å². The van der Waals surface area contributed by atoms with Crippen LogP contribution in [-0.4, -0.2) is 35.6 Å². The molecule has 0 spiro atoms. The van der Waals surface area contributed by atoms with Gasteiger partial charge in [0, 0.05) is 34.6 Å². The predicted octanol–water partition coefficient (Wildman–Crippen LogP) is 2.67. The van der Waals surface area contributed by atoms with E-state index in [2.05, 4.69) is 31.9 Å². The lowest BCUT2D eigenvalue weighted by atomic mass is 10.1. The summed E-state index contributed by atoms with van der Waals surface area (Å²) in [5.41, 5.74) is 0.673. The second-order valence-electron chi connectivity index (χ2n) is 4.21. The molecule has 1 saturated heterocycles. The van der Waals surface area contributed by atoms with Gasteiger partial charge in [-0.15, -0.1) is 0 Å². The number of carbonyl (C=O) groups excluding carboxylic acids is 1. The molecule has 3 nitrogen and oxygen atoms in total. The molecule has 1 amide bonds. The van der Waals surface area contributed by atoms with Crippen molar-refractivity contribution in [1.82, 2.24) is 4.90 Å². The van der Waals surface area contributed by atoms with E-state index >= 15 is 0 Å². The van der Waals surface area contributed by atoms with E-state index in [1.54, 1.807) is 4.90 Å². The summed E-state index contributed by atoms with van der Waals surface area (Å²) in [5, 5.41) is 9.07. The Bertz CT molecular complexity index is 437. The number of aliphatic hydroxyl groups is 1. The highest BCUT2D eigenvalue weighted by Crippen LogP contribution is 2.25. The number of benzene rings is 1. The zero-order valence-electron chi connectivity index (χ0n) is 9.20. The lowest BCUT2D eigenvalue weighted by molar-refractivity contribution is 0.0781. The standard InChI is InChI=1S/C12H13Br2NO2/c13-9-1-2-10(11(14)5-9)12(17)15-4-3-8(6-15)7-16/h1-2,5,8,16H,3-4,6-7H2. The van der Waals surface area contributed by atoms with Crippen molar-refractivity contribution in [2.75, 3.05) is 19.7 Å². The Morgan fingerprint density at radius 1 is 1.47 bits per heavy atom. The number of aliphatic hydroxyl groups excluding tert-OH is 1. The number of likely N-dealkylation sites (tertiary alicyclic amines) is 1. The zero-order valence-corrected chi connectivity index (χ0v) is 12.4. The molecule has 0 saturated carbocycles. The molecule has 1 unspecified atom stereocenters. The fourth-order valence-electron chi connectivity index (χ4n) is 2.00. The first-order valence-electron chi connectivity index (χ1n) is 5.47. The van der Waals surface area contributed by atoms with E-state index in [-0.39, 0.29) is 18.4 Å². The predicted molar refractivity (Wildman–Crippen MR) is 72.9 cm³/mol. The van der Waals surface area contributed by atoms with Crippen LogP contribution in [-0.2, 0) is 0 Å². The largest absolute Gasteiger partial charge is 0.396 e. The molecule has 1 N–H and O–H groups in total. The molecule has 17 heavy (non-hydrogen) atoms. The molecule has 92 valence electrons. The number of carbonyl (C=O) groups is 1. The van der Waals surface area contributed by atoms with Crippen LogP contribution in [0.3, 0.4) is 0 Å².